The van der Waals surface area contributed by atoms with E-state index in [4.69, 9.17) is 23.2 Å². The predicted octanol–water partition coefficient (Wildman–Crippen LogP) is 3.39. The minimum Gasteiger partial charge on any atom is -0.309 e. The second kappa shape index (κ2) is 7.90. The van der Waals surface area contributed by atoms with Crippen molar-refractivity contribution in [2.75, 3.05) is 18.3 Å². The van der Waals surface area contributed by atoms with Crippen molar-refractivity contribution in [3.8, 4) is 0 Å². The molecule has 80 valence electrons. The van der Waals surface area contributed by atoms with E-state index in [-0.39, 0.29) is 5.54 Å². The van der Waals surface area contributed by atoms with Gasteiger partial charge in [-0.1, -0.05) is 26.7 Å². The molecule has 0 atom stereocenters. The van der Waals surface area contributed by atoms with Crippen molar-refractivity contribution in [1.29, 1.82) is 0 Å². The Morgan fingerprint density at radius 3 is 2.08 bits per heavy atom. The van der Waals surface area contributed by atoms with Gasteiger partial charge >= 0.3 is 0 Å². The van der Waals surface area contributed by atoms with Gasteiger partial charge in [0.1, 0.15) is 0 Å². The monoisotopic (exact) mass is 225 g/mol. The Hall–Kier alpha value is 0.540. The van der Waals surface area contributed by atoms with Crippen LogP contribution in [0.3, 0.4) is 0 Å². The minimum atomic E-state index is -0.0448. The van der Waals surface area contributed by atoms with E-state index in [1.54, 1.807) is 0 Å². The third-order valence-corrected chi connectivity index (χ3v) is 3.49. The van der Waals surface area contributed by atoms with E-state index in [1.807, 2.05) is 0 Å². The molecule has 0 saturated heterocycles. The molecule has 0 aliphatic rings. The zero-order valence-corrected chi connectivity index (χ0v) is 10.2. The van der Waals surface area contributed by atoms with Crippen LogP contribution < -0.4 is 5.32 Å². The van der Waals surface area contributed by atoms with Crippen molar-refractivity contribution < 1.29 is 0 Å². The molecule has 0 spiro atoms. The van der Waals surface area contributed by atoms with Crippen LogP contribution in [0, 0.1) is 0 Å². The van der Waals surface area contributed by atoms with Gasteiger partial charge in [-0.25, -0.2) is 0 Å². The fourth-order valence-corrected chi connectivity index (χ4v) is 2.03. The van der Waals surface area contributed by atoms with Crippen LogP contribution >= 0.6 is 23.2 Å². The van der Waals surface area contributed by atoms with Gasteiger partial charge in [-0.3, -0.25) is 0 Å². The SMILES string of the molecule is CCCCCNC(CC)(CCl)CCl. The number of nitrogens with one attached hydrogen (secondary N) is 1. The van der Waals surface area contributed by atoms with Crippen LogP contribution in [0.4, 0.5) is 0 Å². The molecule has 1 N–H and O–H groups in total. The van der Waals surface area contributed by atoms with E-state index in [0.717, 1.165) is 13.0 Å². The van der Waals surface area contributed by atoms with E-state index in [0.29, 0.717) is 11.8 Å². The molecule has 0 saturated carbocycles. The highest BCUT2D eigenvalue weighted by Gasteiger charge is 2.24. The second-order valence-electron chi connectivity index (χ2n) is 3.54. The topological polar surface area (TPSA) is 12.0 Å². The quantitative estimate of drug-likeness (QED) is 0.494. The summed E-state index contributed by atoms with van der Waals surface area (Å²) >= 11 is 11.8. The zero-order valence-electron chi connectivity index (χ0n) is 8.71. The van der Waals surface area contributed by atoms with E-state index >= 15 is 0 Å². The Morgan fingerprint density at radius 1 is 1.08 bits per heavy atom. The summed E-state index contributed by atoms with van der Waals surface area (Å²) in [5, 5.41) is 3.45. The van der Waals surface area contributed by atoms with Gasteiger partial charge in [0.05, 0.1) is 0 Å². The first-order valence-corrected chi connectivity index (χ1v) is 6.18. The number of rotatable bonds is 8. The van der Waals surface area contributed by atoms with Crippen molar-refractivity contribution >= 4 is 23.2 Å². The van der Waals surface area contributed by atoms with E-state index in [9.17, 15) is 0 Å². The van der Waals surface area contributed by atoms with Crippen molar-refractivity contribution in [3.05, 3.63) is 0 Å². The smallest absolute Gasteiger partial charge is 0.0451 e. The summed E-state index contributed by atoms with van der Waals surface area (Å²) in [4.78, 5) is 0. The molecule has 0 unspecified atom stereocenters. The highest BCUT2D eigenvalue weighted by molar-refractivity contribution is 6.22. The van der Waals surface area contributed by atoms with Gasteiger partial charge in [0.15, 0.2) is 0 Å². The number of halogens is 2. The standard InChI is InChI=1S/C10H21Cl2N/c1-3-5-6-7-13-10(4-2,8-11)9-12/h13H,3-9H2,1-2H3. The fraction of sp³-hybridized carbons (Fsp3) is 1.00. The van der Waals surface area contributed by atoms with Gasteiger partial charge < -0.3 is 5.32 Å². The van der Waals surface area contributed by atoms with Crippen LogP contribution in [-0.4, -0.2) is 23.8 Å². The Kier molecular flexibility index (Phi) is 8.23. The number of alkyl halides is 2. The zero-order chi connectivity index (χ0) is 10.2. The molecule has 0 amide bonds. The largest absolute Gasteiger partial charge is 0.309 e. The van der Waals surface area contributed by atoms with Crippen LogP contribution in [-0.2, 0) is 0 Å². The Morgan fingerprint density at radius 2 is 1.69 bits per heavy atom. The molecule has 0 radical (unpaired) electrons. The third kappa shape index (κ3) is 5.09. The normalized spacial score (nSPS) is 12.0. The van der Waals surface area contributed by atoms with E-state index in [1.165, 1.54) is 19.3 Å². The van der Waals surface area contributed by atoms with Gasteiger partial charge in [-0.2, -0.15) is 0 Å². The van der Waals surface area contributed by atoms with Crippen molar-refractivity contribution in [3.63, 3.8) is 0 Å². The van der Waals surface area contributed by atoms with Crippen LogP contribution in [0.2, 0.25) is 0 Å². The van der Waals surface area contributed by atoms with Crippen LogP contribution in [0.15, 0.2) is 0 Å². The Bertz CT molecular complexity index is 105. The molecule has 0 heterocycles. The molecule has 0 aromatic carbocycles. The first-order chi connectivity index (χ1) is 6.24. The van der Waals surface area contributed by atoms with Gasteiger partial charge in [0.2, 0.25) is 0 Å². The molecule has 0 rings (SSSR count). The molecule has 0 aliphatic carbocycles. The molecule has 3 heteroatoms. The van der Waals surface area contributed by atoms with Crippen LogP contribution in [0.5, 0.6) is 0 Å². The summed E-state index contributed by atoms with van der Waals surface area (Å²) in [7, 11) is 0. The summed E-state index contributed by atoms with van der Waals surface area (Å²) in [6, 6.07) is 0. The molecule has 13 heavy (non-hydrogen) atoms. The van der Waals surface area contributed by atoms with E-state index in [2.05, 4.69) is 19.2 Å². The minimum absolute atomic E-state index is 0.0448. The van der Waals surface area contributed by atoms with Gasteiger partial charge in [-0.05, 0) is 19.4 Å². The fourth-order valence-electron chi connectivity index (χ4n) is 1.17. The molecule has 0 aliphatic heterocycles. The maximum atomic E-state index is 5.89. The highest BCUT2D eigenvalue weighted by atomic mass is 35.5. The van der Waals surface area contributed by atoms with Gasteiger partial charge in [0.25, 0.3) is 0 Å². The Balaban J connectivity index is 3.68. The summed E-state index contributed by atoms with van der Waals surface area (Å²) in [6.45, 7) is 5.36. The molecule has 0 aromatic heterocycles. The lowest BCUT2D eigenvalue weighted by Gasteiger charge is -2.29. The lowest BCUT2D eigenvalue weighted by atomic mass is 10.0. The van der Waals surface area contributed by atoms with Crippen molar-refractivity contribution in [1.82, 2.24) is 5.32 Å². The number of hydrogen-bond acceptors (Lipinski definition) is 1. The molecule has 0 aromatic rings. The maximum absolute atomic E-state index is 5.89. The van der Waals surface area contributed by atoms with Gasteiger partial charge in [-0.15, -0.1) is 23.2 Å². The van der Waals surface area contributed by atoms with E-state index < -0.39 is 0 Å². The first kappa shape index (κ1) is 13.5. The van der Waals surface area contributed by atoms with Gasteiger partial charge in [0, 0.05) is 17.3 Å². The molecule has 0 fully saturated rings. The predicted molar refractivity (Wildman–Crippen MR) is 62.0 cm³/mol. The molecular formula is C10H21Cl2N. The Labute approximate surface area is 92.2 Å². The average Bonchev–Trinajstić information content (AvgIpc) is 2.20. The van der Waals surface area contributed by atoms with Crippen molar-refractivity contribution in [2.24, 2.45) is 0 Å². The van der Waals surface area contributed by atoms with Crippen LogP contribution in [0.1, 0.15) is 39.5 Å². The summed E-state index contributed by atoms with van der Waals surface area (Å²) in [5.74, 6) is 1.19. The number of unbranched alkanes of at least 4 members (excludes halogenated alkanes) is 2. The maximum Gasteiger partial charge on any atom is 0.0451 e. The summed E-state index contributed by atoms with van der Waals surface area (Å²) in [6.07, 6.45) is 4.73. The van der Waals surface area contributed by atoms with Crippen molar-refractivity contribution in [2.45, 2.75) is 45.1 Å². The average molecular weight is 226 g/mol. The molecular weight excluding hydrogens is 205 g/mol. The first-order valence-electron chi connectivity index (χ1n) is 5.11. The number of hydrogen-bond donors (Lipinski definition) is 1. The molecule has 1 nitrogen and oxygen atoms in total. The highest BCUT2D eigenvalue weighted by Crippen LogP contribution is 2.14. The van der Waals surface area contributed by atoms with Crippen LogP contribution in [0.25, 0.3) is 0 Å². The lowest BCUT2D eigenvalue weighted by molar-refractivity contribution is 0.381. The third-order valence-electron chi connectivity index (χ3n) is 2.47. The second-order valence-corrected chi connectivity index (χ2v) is 4.07. The lowest BCUT2D eigenvalue weighted by Crippen LogP contribution is -2.48. The molecule has 0 bridgehead atoms. The summed E-state index contributed by atoms with van der Waals surface area (Å²) < 4.78 is 0. The summed E-state index contributed by atoms with van der Waals surface area (Å²) in [5.41, 5.74) is -0.0448.